The largest absolute Gasteiger partial charge is 0.506 e. The molecule has 98 valence electrons. The molecule has 6 nitrogen and oxygen atoms in total. The summed E-state index contributed by atoms with van der Waals surface area (Å²) in [6.07, 6.45) is 0. The molecule has 19 heavy (non-hydrogen) atoms. The fourth-order valence-corrected chi connectivity index (χ4v) is 1.83. The number of rotatable bonds is 2. The monoisotopic (exact) mass is 259 g/mol. The third-order valence-corrected chi connectivity index (χ3v) is 2.73. The molecular weight excluding hydrogens is 246 g/mol. The number of hydrogen-bond acceptors (Lipinski definition) is 5. The maximum Gasteiger partial charge on any atom is 0.339 e. The number of carbonyl (C=O) groups is 1. The third-order valence-electron chi connectivity index (χ3n) is 2.73. The maximum absolute atomic E-state index is 11.0. The molecule has 0 saturated carbocycles. The highest BCUT2D eigenvalue weighted by Gasteiger charge is 2.17. The molecule has 0 spiro atoms. The third kappa shape index (κ3) is 2.23. The number of benzene rings is 2. The molecule has 0 unspecified atom stereocenters. The van der Waals surface area contributed by atoms with Crippen LogP contribution in [0.4, 0.5) is 17.1 Å². The van der Waals surface area contributed by atoms with E-state index in [0.717, 1.165) is 0 Å². The van der Waals surface area contributed by atoms with Gasteiger partial charge in [0, 0.05) is 28.2 Å². The first-order valence-electron chi connectivity index (χ1n) is 5.41. The number of nitrogen functional groups attached to an aromatic ring is 3. The summed E-state index contributed by atoms with van der Waals surface area (Å²) in [5, 5.41) is 19.0. The van der Waals surface area contributed by atoms with Crippen LogP contribution in [0.15, 0.2) is 30.3 Å². The topological polar surface area (TPSA) is 136 Å². The Hall–Kier alpha value is -2.89. The Morgan fingerprint density at radius 2 is 1.58 bits per heavy atom. The second-order valence-electron chi connectivity index (χ2n) is 4.12. The molecule has 2 aromatic rings. The molecule has 0 aliphatic rings. The van der Waals surface area contributed by atoms with Crippen molar-refractivity contribution in [2.75, 3.05) is 17.2 Å². The number of hydrogen-bond donors (Lipinski definition) is 5. The molecule has 0 saturated heterocycles. The standard InChI is InChI=1S/C13H13N3O3/c14-6-1-2-11(16)8(3-6)9-4-7(15)5-10(12(9)17)13(18)19/h1-5,17H,14-16H2,(H,18,19). The fraction of sp³-hybridized carbons (Fsp3) is 0. The zero-order chi connectivity index (χ0) is 14.2. The van der Waals surface area contributed by atoms with E-state index in [1.807, 2.05) is 0 Å². The molecular formula is C13H13N3O3. The van der Waals surface area contributed by atoms with Crippen molar-refractivity contribution >= 4 is 23.0 Å². The summed E-state index contributed by atoms with van der Waals surface area (Å²) in [6, 6.07) is 7.38. The normalized spacial score (nSPS) is 10.3. The van der Waals surface area contributed by atoms with Crippen molar-refractivity contribution in [3.05, 3.63) is 35.9 Å². The van der Waals surface area contributed by atoms with Gasteiger partial charge >= 0.3 is 5.97 Å². The number of aromatic hydroxyl groups is 1. The predicted molar refractivity (Wildman–Crippen MR) is 73.7 cm³/mol. The van der Waals surface area contributed by atoms with Gasteiger partial charge in [0.1, 0.15) is 11.3 Å². The Balaban J connectivity index is 2.75. The highest BCUT2D eigenvalue weighted by Crippen LogP contribution is 2.38. The second kappa shape index (κ2) is 4.41. The predicted octanol–water partition coefficient (Wildman–Crippen LogP) is 1.50. The highest BCUT2D eigenvalue weighted by molar-refractivity contribution is 5.97. The molecule has 0 aromatic heterocycles. The summed E-state index contributed by atoms with van der Waals surface area (Å²) in [5.74, 6) is -1.66. The van der Waals surface area contributed by atoms with Crippen LogP contribution in [-0.2, 0) is 0 Å². The van der Waals surface area contributed by atoms with Gasteiger partial charge in [-0.15, -0.1) is 0 Å². The van der Waals surface area contributed by atoms with E-state index < -0.39 is 5.97 Å². The maximum atomic E-state index is 11.0. The Kier molecular flexibility index (Phi) is 2.92. The first-order valence-corrected chi connectivity index (χ1v) is 5.41. The van der Waals surface area contributed by atoms with Crippen LogP contribution in [0.3, 0.4) is 0 Å². The van der Waals surface area contributed by atoms with Gasteiger partial charge in [0.25, 0.3) is 0 Å². The van der Waals surface area contributed by atoms with Crippen molar-refractivity contribution in [2.24, 2.45) is 0 Å². The van der Waals surface area contributed by atoms with Gasteiger partial charge in [-0.05, 0) is 30.3 Å². The van der Waals surface area contributed by atoms with E-state index in [4.69, 9.17) is 22.3 Å². The minimum Gasteiger partial charge on any atom is -0.506 e. The molecule has 0 bridgehead atoms. The van der Waals surface area contributed by atoms with Gasteiger partial charge in [-0.25, -0.2) is 4.79 Å². The summed E-state index contributed by atoms with van der Waals surface area (Å²) >= 11 is 0. The molecule has 0 atom stereocenters. The summed E-state index contributed by atoms with van der Waals surface area (Å²) in [6.45, 7) is 0. The van der Waals surface area contributed by atoms with Gasteiger partial charge in [-0.2, -0.15) is 0 Å². The summed E-state index contributed by atoms with van der Waals surface area (Å²) in [5.41, 5.74) is 18.5. The number of carboxylic acid groups (broad SMARTS) is 1. The number of carboxylic acids is 1. The minimum atomic E-state index is -1.27. The number of nitrogens with two attached hydrogens (primary N) is 3. The van der Waals surface area contributed by atoms with Crippen LogP contribution in [-0.4, -0.2) is 16.2 Å². The summed E-state index contributed by atoms with van der Waals surface area (Å²) in [7, 11) is 0. The van der Waals surface area contributed by atoms with Crippen LogP contribution in [0.2, 0.25) is 0 Å². The molecule has 0 aliphatic heterocycles. The zero-order valence-corrected chi connectivity index (χ0v) is 9.92. The number of phenols is 1. The van der Waals surface area contributed by atoms with E-state index in [1.165, 1.54) is 12.1 Å². The van der Waals surface area contributed by atoms with Crippen LogP contribution >= 0.6 is 0 Å². The van der Waals surface area contributed by atoms with E-state index in [9.17, 15) is 9.90 Å². The molecule has 0 aliphatic carbocycles. The summed E-state index contributed by atoms with van der Waals surface area (Å²) in [4.78, 5) is 11.0. The van der Waals surface area contributed by atoms with Crippen LogP contribution in [0.1, 0.15) is 10.4 Å². The van der Waals surface area contributed by atoms with Crippen molar-refractivity contribution in [3.8, 4) is 16.9 Å². The van der Waals surface area contributed by atoms with Gasteiger partial charge in [0.2, 0.25) is 0 Å². The molecule has 0 amide bonds. The zero-order valence-electron chi connectivity index (χ0n) is 9.92. The first kappa shape index (κ1) is 12.6. The first-order chi connectivity index (χ1) is 8.90. The summed E-state index contributed by atoms with van der Waals surface area (Å²) < 4.78 is 0. The van der Waals surface area contributed by atoms with Crippen molar-refractivity contribution in [1.82, 2.24) is 0 Å². The van der Waals surface area contributed by atoms with Crippen LogP contribution in [0.5, 0.6) is 5.75 Å². The van der Waals surface area contributed by atoms with Gasteiger partial charge in [-0.1, -0.05) is 0 Å². The van der Waals surface area contributed by atoms with Crippen molar-refractivity contribution in [3.63, 3.8) is 0 Å². The highest BCUT2D eigenvalue weighted by atomic mass is 16.4. The lowest BCUT2D eigenvalue weighted by atomic mass is 9.98. The lowest BCUT2D eigenvalue weighted by Crippen LogP contribution is -2.01. The Morgan fingerprint density at radius 1 is 0.947 bits per heavy atom. The lowest BCUT2D eigenvalue weighted by molar-refractivity contribution is 0.0694. The molecule has 0 heterocycles. The molecule has 2 rings (SSSR count). The van der Waals surface area contributed by atoms with E-state index in [2.05, 4.69) is 0 Å². The van der Waals surface area contributed by atoms with E-state index in [0.29, 0.717) is 16.9 Å². The van der Waals surface area contributed by atoms with Crippen molar-refractivity contribution in [1.29, 1.82) is 0 Å². The lowest BCUT2D eigenvalue weighted by Gasteiger charge is -2.12. The second-order valence-corrected chi connectivity index (χ2v) is 4.12. The molecule has 2 aromatic carbocycles. The van der Waals surface area contributed by atoms with E-state index in [1.54, 1.807) is 18.2 Å². The Labute approximate surface area is 109 Å². The van der Waals surface area contributed by atoms with E-state index >= 15 is 0 Å². The molecule has 0 radical (unpaired) electrons. The van der Waals surface area contributed by atoms with Crippen molar-refractivity contribution in [2.45, 2.75) is 0 Å². The average Bonchev–Trinajstić information content (AvgIpc) is 2.34. The van der Waals surface area contributed by atoms with Gasteiger partial charge in [0.05, 0.1) is 0 Å². The number of anilines is 3. The quantitative estimate of drug-likeness (QED) is 0.409. The van der Waals surface area contributed by atoms with Crippen LogP contribution in [0, 0.1) is 0 Å². The molecule has 0 fully saturated rings. The Bertz CT molecular complexity index is 668. The average molecular weight is 259 g/mol. The Morgan fingerprint density at radius 3 is 2.21 bits per heavy atom. The van der Waals surface area contributed by atoms with Gasteiger partial charge in [-0.3, -0.25) is 0 Å². The van der Waals surface area contributed by atoms with Crippen LogP contribution < -0.4 is 17.2 Å². The van der Waals surface area contributed by atoms with E-state index in [-0.39, 0.29) is 22.6 Å². The number of aromatic carboxylic acids is 1. The fourth-order valence-electron chi connectivity index (χ4n) is 1.83. The molecule has 8 N–H and O–H groups in total. The smallest absolute Gasteiger partial charge is 0.339 e. The van der Waals surface area contributed by atoms with Crippen molar-refractivity contribution < 1.29 is 15.0 Å². The SMILES string of the molecule is Nc1ccc(N)c(-c2cc(N)cc(C(=O)O)c2O)c1. The van der Waals surface area contributed by atoms with Crippen LogP contribution in [0.25, 0.3) is 11.1 Å². The molecule has 6 heteroatoms. The minimum absolute atomic E-state index is 0.215. The van der Waals surface area contributed by atoms with Gasteiger partial charge < -0.3 is 27.4 Å². The van der Waals surface area contributed by atoms with Gasteiger partial charge in [0.15, 0.2) is 0 Å².